The number of ether oxygens (including phenoxy) is 5. The number of hydrogen-bond donors (Lipinski definition) is 2. The first kappa shape index (κ1) is 34.3. The molecule has 1 saturated heterocycles. The molecule has 0 bridgehead atoms. The number of carbonyl (C=O) groups is 3. The Morgan fingerprint density at radius 2 is 1.36 bits per heavy atom. The SMILES string of the molecule is CO[C@H]1O[C@H](CO)[C@@H](OC(=O)Nc2ccc(Br)cc2)[C@@H]2OC(=O)[C@H](Cc3ccccc3)C/C=C/C[C@@H](Cc3ccccc3)C(=O)O[C@@H]12. The topological polar surface area (TPSA) is 130 Å². The van der Waals surface area contributed by atoms with Gasteiger partial charge in [-0.3, -0.25) is 14.9 Å². The molecule has 0 unspecified atom stereocenters. The van der Waals surface area contributed by atoms with Crippen molar-refractivity contribution in [3.05, 3.63) is 113 Å². The Morgan fingerprint density at radius 1 is 0.830 bits per heavy atom. The molecule has 1 amide bonds. The van der Waals surface area contributed by atoms with E-state index in [-0.39, 0.29) is 0 Å². The Labute approximate surface area is 282 Å². The molecule has 7 atom stereocenters. The van der Waals surface area contributed by atoms with E-state index >= 15 is 0 Å². The summed E-state index contributed by atoms with van der Waals surface area (Å²) in [5.41, 5.74) is 2.34. The maximum Gasteiger partial charge on any atom is 0.412 e. The van der Waals surface area contributed by atoms with Crippen molar-refractivity contribution < 1.29 is 43.2 Å². The van der Waals surface area contributed by atoms with E-state index in [0.717, 1.165) is 15.6 Å². The summed E-state index contributed by atoms with van der Waals surface area (Å²) in [6.07, 6.45) is -2.02. The summed E-state index contributed by atoms with van der Waals surface area (Å²) in [4.78, 5) is 40.9. The summed E-state index contributed by atoms with van der Waals surface area (Å²) in [6, 6.07) is 26.0. The lowest BCUT2D eigenvalue weighted by molar-refractivity contribution is -0.300. The van der Waals surface area contributed by atoms with E-state index < -0.39 is 67.2 Å². The zero-order valence-corrected chi connectivity index (χ0v) is 27.5. The van der Waals surface area contributed by atoms with Crippen LogP contribution in [0, 0.1) is 11.8 Å². The average Bonchev–Trinajstić information content (AvgIpc) is 3.08. The summed E-state index contributed by atoms with van der Waals surface area (Å²) in [5.74, 6) is -2.32. The number of fused-ring (bicyclic) bond motifs is 1. The van der Waals surface area contributed by atoms with Crippen LogP contribution < -0.4 is 5.32 Å². The van der Waals surface area contributed by atoms with Crippen molar-refractivity contribution in [1.82, 2.24) is 0 Å². The molecule has 3 aromatic rings. The summed E-state index contributed by atoms with van der Waals surface area (Å²) >= 11 is 3.36. The molecule has 0 aliphatic carbocycles. The van der Waals surface area contributed by atoms with Crippen molar-refractivity contribution >= 4 is 39.6 Å². The minimum atomic E-state index is -1.36. The highest BCUT2D eigenvalue weighted by molar-refractivity contribution is 9.10. The number of rotatable bonds is 8. The Bertz CT molecular complexity index is 1500. The van der Waals surface area contributed by atoms with Gasteiger partial charge in [0.15, 0.2) is 24.6 Å². The number of aliphatic hydroxyl groups is 1. The lowest BCUT2D eigenvalue weighted by Gasteiger charge is -2.44. The molecule has 248 valence electrons. The van der Waals surface area contributed by atoms with Crippen LogP contribution in [0.3, 0.4) is 0 Å². The second-order valence-corrected chi connectivity index (χ2v) is 12.4. The van der Waals surface area contributed by atoms with Gasteiger partial charge in [-0.2, -0.15) is 0 Å². The van der Waals surface area contributed by atoms with Gasteiger partial charge >= 0.3 is 18.0 Å². The number of allylic oxidation sites excluding steroid dienone is 2. The largest absolute Gasteiger partial charge is 0.454 e. The maximum atomic E-state index is 13.9. The number of hydrogen-bond acceptors (Lipinski definition) is 9. The highest BCUT2D eigenvalue weighted by Gasteiger charge is 2.53. The van der Waals surface area contributed by atoms with Gasteiger partial charge in [-0.1, -0.05) is 88.7 Å². The van der Waals surface area contributed by atoms with Crippen LogP contribution in [0.2, 0.25) is 0 Å². The lowest BCUT2D eigenvalue weighted by atomic mass is 9.92. The summed E-state index contributed by atoms with van der Waals surface area (Å²) in [6.45, 7) is -0.600. The standard InChI is InChI=1S/C36H38BrNO9/c1-43-35-32-31(30(29(22-39)44-35)47-36(42)38-28-18-16-27(37)17-19-28)45-33(40)25(20-23-10-4-2-5-11-23)14-8-9-15-26(34(41)46-32)21-24-12-6-3-7-13-24/h2-13,16-19,25-26,29-32,35,39H,14-15,20-22H2,1H3,(H,38,42)/b9-8+/t25-,26-,29+,30+,31-,32+,35-/m0/s1. The van der Waals surface area contributed by atoms with E-state index in [1.807, 2.05) is 72.8 Å². The second kappa shape index (κ2) is 16.7. The zero-order chi connectivity index (χ0) is 33.2. The van der Waals surface area contributed by atoms with E-state index in [2.05, 4.69) is 21.2 Å². The number of aliphatic hydroxyl groups excluding tert-OH is 1. The van der Waals surface area contributed by atoms with E-state index in [9.17, 15) is 19.5 Å². The van der Waals surface area contributed by atoms with Crippen LogP contribution in [0.4, 0.5) is 10.5 Å². The minimum Gasteiger partial charge on any atom is -0.454 e. The average molecular weight is 709 g/mol. The number of esters is 2. The van der Waals surface area contributed by atoms with Crippen LogP contribution in [0.25, 0.3) is 0 Å². The summed E-state index contributed by atoms with van der Waals surface area (Å²) < 4.78 is 30.3. The third-order valence-electron chi connectivity index (χ3n) is 8.17. The second-order valence-electron chi connectivity index (χ2n) is 11.5. The van der Waals surface area contributed by atoms with Gasteiger partial charge in [0.1, 0.15) is 6.10 Å². The zero-order valence-electron chi connectivity index (χ0n) is 25.9. The molecule has 47 heavy (non-hydrogen) atoms. The highest BCUT2D eigenvalue weighted by atomic mass is 79.9. The van der Waals surface area contributed by atoms with E-state index in [4.69, 9.17) is 23.7 Å². The van der Waals surface area contributed by atoms with Gasteiger partial charge in [0.05, 0.1) is 18.4 Å². The molecule has 3 aromatic carbocycles. The minimum absolute atomic E-state index is 0.349. The van der Waals surface area contributed by atoms with E-state index in [0.29, 0.717) is 31.4 Å². The van der Waals surface area contributed by atoms with Crippen molar-refractivity contribution in [3.8, 4) is 0 Å². The van der Waals surface area contributed by atoms with Crippen molar-refractivity contribution in [2.75, 3.05) is 19.0 Å². The fraction of sp³-hybridized carbons (Fsp3) is 0.361. The van der Waals surface area contributed by atoms with Crippen LogP contribution in [0.1, 0.15) is 24.0 Å². The Kier molecular flexibility index (Phi) is 12.2. The molecule has 0 spiro atoms. The van der Waals surface area contributed by atoms with Gasteiger partial charge in [0, 0.05) is 17.3 Å². The monoisotopic (exact) mass is 707 g/mol. The molecule has 2 heterocycles. The lowest BCUT2D eigenvalue weighted by Crippen LogP contribution is -2.63. The van der Waals surface area contributed by atoms with E-state index in [1.165, 1.54) is 7.11 Å². The van der Waals surface area contributed by atoms with Gasteiger partial charge in [0.2, 0.25) is 0 Å². The highest BCUT2D eigenvalue weighted by Crippen LogP contribution is 2.32. The molecule has 0 aromatic heterocycles. The first-order valence-corrected chi connectivity index (χ1v) is 16.3. The number of nitrogens with one attached hydrogen (secondary N) is 1. The third-order valence-corrected chi connectivity index (χ3v) is 8.69. The summed E-state index contributed by atoms with van der Waals surface area (Å²) in [5, 5.41) is 13.0. The van der Waals surface area contributed by atoms with Crippen LogP contribution in [0.5, 0.6) is 0 Å². The van der Waals surface area contributed by atoms with Crippen molar-refractivity contribution in [1.29, 1.82) is 0 Å². The first-order valence-electron chi connectivity index (χ1n) is 15.5. The molecule has 2 aliphatic rings. The Morgan fingerprint density at radius 3 is 1.87 bits per heavy atom. The number of methoxy groups -OCH3 is 1. The number of benzene rings is 3. The third kappa shape index (κ3) is 9.29. The molecular formula is C36H38BrNO9. The van der Waals surface area contributed by atoms with Crippen LogP contribution in [-0.2, 0) is 46.1 Å². The van der Waals surface area contributed by atoms with Crippen LogP contribution >= 0.6 is 15.9 Å². The number of amides is 1. The number of carbonyl (C=O) groups excluding carboxylic acids is 3. The van der Waals surface area contributed by atoms with Crippen molar-refractivity contribution in [2.45, 2.75) is 56.4 Å². The molecule has 0 radical (unpaired) electrons. The summed E-state index contributed by atoms with van der Waals surface area (Å²) in [7, 11) is 1.35. The van der Waals surface area contributed by atoms with Gasteiger partial charge in [-0.25, -0.2) is 4.79 Å². The van der Waals surface area contributed by atoms with E-state index in [1.54, 1.807) is 24.3 Å². The fourth-order valence-corrected chi connectivity index (χ4v) is 5.99. The fourth-order valence-electron chi connectivity index (χ4n) is 5.73. The molecule has 11 heteroatoms. The van der Waals surface area contributed by atoms with Gasteiger partial charge in [-0.05, 0) is 61.1 Å². The van der Waals surface area contributed by atoms with Gasteiger partial charge < -0.3 is 28.8 Å². The number of halogens is 1. The first-order chi connectivity index (χ1) is 22.8. The maximum absolute atomic E-state index is 13.9. The Hall–Kier alpha value is -4.03. The molecule has 0 saturated carbocycles. The normalized spacial score (nSPS) is 27.2. The van der Waals surface area contributed by atoms with Gasteiger partial charge in [0.25, 0.3) is 0 Å². The molecular weight excluding hydrogens is 670 g/mol. The molecule has 2 N–H and O–H groups in total. The quantitative estimate of drug-likeness (QED) is 0.174. The van der Waals surface area contributed by atoms with Crippen molar-refractivity contribution in [3.63, 3.8) is 0 Å². The molecule has 5 rings (SSSR count). The van der Waals surface area contributed by atoms with Crippen LogP contribution in [-0.4, -0.2) is 67.6 Å². The Balaban J connectivity index is 1.49. The number of anilines is 1. The molecule has 2 aliphatic heterocycles. The predicted molar refractivity (Wildman–Crippen MR) is 176 cm³/mol. The van der Waals surface area contributed by atoms with Gasteiger partial charge in [-0.15, -0.1) is 0 Å². The van der Waals surface area contributed by atoms with Crippen LogP contribution in [0.15, 0.2) is 102 Å². The predicted octanol–water partition coefficient (Wildman–Crippen LogP) is 5.62. The molecule has 10 nitrogen and oxygen atoms in total. The molecule has 1 fully saturated rings. The van der Waals surface area contributed by atoms with Crippen molar-refractivity contribution in [2.24, 2.45) is 11.8 Å². The smallest absolute Gasteiger partial charge is 0.412 e.